The largest absolute Gasteiger partial charge is 0.417 e. The number of hydrogen-bond donors (Lipinski definition) is 1. The third-order valence-electron chi connectivity index (χ3n) is 4.37. The Bertz CT molecular complexity index is 848. The Hall–Kier alpha value is -2.78. The highest BCUT2D eigenvalue weighted by Crippen LogP contribution is 2.31. The van der Waals surface area contributed by atoms with Crippen molar-refractivity contribution in [3.63, 3.8) is 0 Å². The fraction of sp³-hybridized carbons (Fsp3) is 0.333. The van der Waals surface area contributed by atoms with E-state index in [0.29, 0.717) is 25.3 Å². The number of nitrogens with one attached hydrogen (secondary N) is 1. The van der Waals surface area contributed by atoms with Crippen LogP contribution < -0.4 is 10.2 Å². The molecule has 4 nitrogen and oxygen atoms in total. The summed E-state index contributed by atoms with van der Waals surface area (Å²) in [6.45, 7) is 0.745. The van der Waals surface area contributed by atoms with Gasteiger partial charge >= 0.3 is 12.4 Å². The molecule has 1 unspecified atom stereocenters. The number of rotatable bonds is 3. The Balaban J connectivity index is 1.62. The van der Waals surface area contributed by atoms with Crippen molar-refractivity contribution < 1.29 is 31.1 Å². The van der Waals surface area contributed by atoms with Gasteiger partial charge in [-0.25, -0.2) is 4.98 Å². The van der Waals surface area contributed by atoms with Gasteiger partial charge in [-0.15, -0.1) is 0 Å². The van der Waals surface area contributed by atoms with Crippen LogP contribution in [0.5, 0.6) is 0 Å². The number of halogens is 6. The molecule has 0 radical (unpaired) electrons. The van der Waals surface area contributed by atoms with Crippen LogP contribution in [0.4, 0.5) is 32.2 Å². The molecule has 2 heterocycles. The molecule has 150 valence electrons. The lowest BCUT2D eigenvalue weighted by molar-refractivity contribution is -0.138. The Morgan fingerprint density at radius 3 is 2.36 bits per heavy atom. The van der Waals surface area contributed by atoms with E-state index in [4.69, 9.17) is 0 Å². The maximum atomic E-state index is 12.8. The predicted octanol–water partition coefficient (Wildman–Crippen LogP) is 4.13. The number of benzene rings is 1. The molecule has 10 heteroatoms. The van der Waals surface area contributed by atoms with Gasteiger partial charge in [0.05, 0.1) is 11.1 Å². The highest BCUT2D eigenvalue weighted by molar-refractivity contribution is 5.94. The van der Waals surface area contributed by atoms with Gasteiger partial charge in [-0.3, -0.25) is 4.79 Å². The van der Waals surface area contributed by atoms with E-state index < -0.39 is 29.4 Å². The molecule has 1 N–H and O–H groups in total. The second-order valence-corrected chi connectivity index (χ2v) is 6.39. The quantitative estimate of drug-likeness (QED) is 0.784. The van der Waals surface area contributed by atoms with E-state index in [1.165, 1.54) is 12.1 Å². The number of aromatic nitrogens is 1. The molecule has 1 fully saturated rings. The van der Waals surface area contributed by atoms with E-state index in [9.17, 15) is 31.1 Å². The summed E-state index contributed by atoms with van der Waals surface area (Å²) in [6.07, 6.45) is -7.79. The molecule has 0 saturated carbocycles. The summed E-state index contributed by atoms with van der Waals surface area (Å²) < 4.78 is 76.1. The van der Waals surface area contributed by atoms with Crippen LogP contribution >= 0.6 is 0 Å². The number of hydrogen-bond acceptors (Lipinski definition) is 3. The number of carbonyl (C=O) groups is 1. The van der Waals surface area contributed by atoms with Gasteiger partial charge in [-0.1, -0.05) is 6.07 Å². The van der Waals surface area contributed by atoms with Crippen LogP contribution in [0.1, 0.15) is 27.9 Å². The first-order valence-electron chi connectivity index (χ1n) is 8.30. The van der Waals surface area contributed by atoms with E-state index in [-0.39, 0.29) is 11.6 Å². The van der Waals surface area contributed by atoms with Crippen LogP contribution in [0.25, 0.3) is 0 Å². The van der Waals surface area contributed by atoms with Gasteiger partial charge in [0, 0.05) is 30.9 Å². The minimum absolute atomic E-state index is 0.110. The van der Waals surface area contributed by atoms with Crippen molar-refractivity contribution in [2.45, 2.75) is 24.8 Å². The van der Waals surface area contributed by atoms with Crippen molar-refractivity contribution in [3.05, 3.63) is 59.3 Å². The number of carbonyl (C=O) groups excluding carboxylic acids is 1. The van der Waals surface area contributed by atoms with Crippen LogP contribution in [-0.2, 0) is 12.4 Å². The normalized spacial score (nSPS) is 17.6. The van der Waals surface area contributed by atoms with Gasteiger partial charge in [0.15, 0.2) is 0 Å². The maximum Gasteiger partial charge on any atom is 0.417 e. The Kier molecular flexibility index (Phi) is 5.22. The number of anilines is 1. The number of nitrogens with zero attached hydrogens (tertiary/aromatic N) is 2. The number of amides is 1. The zero-order chi connectivity index (χ0) is 20.5. The molecule has 1 aromatic carbocycles. The molecule has 3 rings (SSSR count). The summed E-state index contributed by atoms with van der Waals surface area (Å²) in [5.41, 5.74) is -1.88. The molecular formula is C18H15F6N3O. The van der Waals surface area contributed by atoms with Crippen molar-refractivity contribution in [2.75, 3.05) is 18.0 Å². The van der Waals surface area contributed by atoms with Crippen molar-refractivity contribution in [2.24, 2.45) is 0 Å². The fourth-order valence-corrected chi connectivity index (χ4v) is 2.93. The monoisotopic (exact) mass is 403 g/mol. The molecule has 1 aliphatic heterocycles. The fourth-order valence-electron chi connectivity index (χ4n) is 2.93. The van der Waals surface area contributed by atoms with Crippen LogP contribution in [0.2, 0.25) is 0 Å². The van der Waals surface area contributed by atoms with Crippen molar-refractivity contribution in [1.29, 1.82) is 0 Å². The molecular weight excluding hydrogens is 388 g/mol. The molecule has 0 aliphatic carbocycles. The lowest BCUT2D eigenvalue weighted by atomic mass is 10.1. The highest BCUT2D eigenvalue weighted by Gasteiger charge is 2.33. The molecule has 1 atom stereocenters. The molecule has 2 aromatic rings. The maximum absolute atomic E-state index is 12.8. The Morgan fingerprint density at radius 2 is 1.75 bits per heavy atom. The van der Waals surface area contributed by atoms with Gasteiger partial charge in [0.2, 0.25) is 0 Å². The third-order valence-corrected chi connectivity index (χ3v) is 4.37. The zero-order valence-corrected chi connectivity index (χ0v) is 14.3. The van der Waals surface area contributed by atoms with Crippen LogP contribution in [0.3, 0.4) is 0 Å². The van der Waals surface area contributed by atoms with Gasteiger partial charge in [-0.2, -0.15) is 26.3 Å². The molecule has 28 heavy (non-hydrogen) atoms. The number of alkyl halides is 6. The molecule has 1 amide bonds. The van der Waals surface area contributed by atoms with E-state index >= 15 is 0 Å². The molecule has 1 aromatic heterocycles. The summed E-state index contributed by atoms with van der Waals surface area (Å²) in [5, 5.41) is 2.65. The first-order chi connectivity index (χ1) is 13.0. The van der Waals surface area contributed by atoms with E-state index in [0.717, 1.165) is 30.5 Å². The van der Waals surface area contributed by atoms with Gasteiger partial charge in [-0.05, 0) is 36.8 Å². The second-order valence-electron chi connectivity index (χ2n) is 6.39. The minimum Gasteiger partial charge on any atom is -0.354 e. The van der Waals surface area contributed by atoms with E-state index in [1.54, 1.807) is 4.90 Å². The summed E-state index contributed by atoms with van der Waals surface area (Å²) in [4.78, 5) is 17.8. The van der Waals surface area contributed by atoms with Gasteiger partial charge < -0.3 is 10.2 Å². The molecule has 1 saturated heterocycles. The van der Waals surface area contributed by atoms with Gasteiger partial charge in [0.1, 0.15) is 5.82 Å². The zero-order valence-electron chi connectivity index (χ0n) is 14.3. The molecule has 0 bridgehead atoms. The van der Waals surface area contributed by atoms with E-state index in [2.05, 4.69) is 10.3 Å². The third kappa shape index (κ3) is 4.55. The SMILES string of the molecule is O=C(NC1CCN(c2ccc(C(F)(F)F)cn2)C1)c1cccc(C(F)(F)F)c1. The summed E-state index contributed by atoms with van der Waals surface area (Å²) >= 11 is 0. The van der Waals surface area contributed by atoms with Crippen molar-refractivity contribution in [1.82, 2.24) is 10.3 Å². The molecule has 1 aliphatic rings. The van der Waals surface area contributed by atoms with Crippen LogP contribution in [0, 0.1) is 0 Å². The van der Waals surface area contributed by atoms with Crippen molar-refractivity contribution >= 4 is 11.7 Å². The minimum atomic E-state index is -4.55. The topological polar surface area (TPSA) is 45.2 Å². The van der Waals surface area contributed by atoms with Crippen molar-refractivity contribution in [3.8, 4) is 0 Å². The van der Waals surface area contributed by atoms with E-state index in [1.807, 2.05) is 0 Å². The molecule has 0 spiro atoms. The highest BCUT2D eigenvalue weighted by atomic mass is 19.4. The number of pyridine rings is 1. The van der Waals surface area contributed by atoms with Crippen LogP contribution in [-0.4, -0.2) is 30.0 Å². The Labute approximate surface area is 156 Å². The average molecular weight is 403 g/mol. The smallest absolute Gasteiger partial charge is 0.354 e. The lowest BCUT2D eigenvalue weighted by Gasteiger charge is -2.18. The summed E-state index contributed by atoms with van der Waals surface area (Å²) in [7, 11) is 0. The Morgan fingerprint density at radius 1 is 1.04 bits per heavy atom. The predicted molar refractivity (Wildman–Crippen MR) is 88.8 cm³/mol. The average Bonchev–Trinajstić information content (AvgIpc) is 3.09. The lowest BCUT2D eigenvalue weighted by Crippen LogP contribution is -2.37. The first kappa shape index (κ1) is 20.0. The van der Waals surface area contributed by atoms with Crippen LogP contribution in [0.15, 0.2) is 42.6 Å². The summed E-state index contributed by atoms with van der Waals surface area (Å²) in [6, 6.07) is 5.92. The van der Waals surface area contributed by atoms with Gasteiger partial charge in [0.25, 0.3) is 5.91 Å². The standard InChI is InChI=1S/C18H15F6N3O/c19-17(20,21)12-3-1-2-11(8-12)16(28)26-14-6-7-27(10-14)15-5-4-13(9-25-15)18(22,23)24/h1-5,8-9,14H,6-7,10H2,(H,26,28). The first-order valence-corrected chi connectivity index (χ1v) is 8.30. The second kappa shape index (κ2) is 7.33. The summed E-state index contributed by atoms with van der Waals surface area (Å²) in [5.74, 6) is -0.304.